The lowest BCUT2D eigenvalue weighted by Gasteiger charge is -2.29. The van der Waals surface area contributed by atoms with Gasteiger partial charge in [-0.2, -0.15) is 0 Å². The van der Waals surface area contributed by atoms with Crippen molar-refractivity contribution in [2.24, 2.45) is 0 Å². The highest BCUT2D eigenvalue weighted by Gasteiger charge is 2.40. The second-order valence-corrected chi connectivity index (χ2v) is 4.85. The van der Waals surface area contributed by atoms with Crippen LogP contribution in [0.1, 0.15) is 29.4 Å². The minimum atomic E-state index is -1.53. The molecule has 0 aliphatic heterocycles. The van der Waals surface area contributed by atoms with Crippen LogP contribution in [-0.2, 0) is 10.3 Å². The molecule has 120 valence electrons. The van der Waals surface area contributed by atoms with Gasteiger partial charge in [0, 0.05) is 6.07 Å². The van der Waals surface area contributed by atoms with Crippen molar-refractivity contribution in [2.45, 2.75) is 18.9 Å². The van der Waals surface area contributed by atoms with Gasteiger partial charge >= 0.3 is 5.97 Å². The molecule has 23 heavy (non-hydrogen) atoms. The van der Waals surface area contributed by atoms with Crippen molar-refractivity contribution in [1.29, 1.82) is 0 Å². The lowest BCUT2D eigenvalue weighted by Crippen LogP contribution is -2.51. The summed E-state index contributed by atoms with van der Waals surface area (Å²) < 4.78 is 4.88. The predicted octanol–water partition coefficient (Wildman–Crippen LogP) is 1.61. The molecule has 0 radical (unpaired) electrons. The number of carboxylic acid groups (broad SMARTS) is 1. The smallest absolute Gasteiger partial charge is 0.334 e. The van der Waals surface area contributed by atoms with E-state index in [1.807, 2.05) is 0 Å². The first-order chi connectivity index (χ1) is 11.0. The largest absolute Gasteiger partial charge is 0.480 e. The first-order valence-corrected chi connectivity index (χ1v) is 7.02. The van der Waals surface area contributed by atoms with Crippen LogP contribution in [-0.4, -0.2) is 34.3 Å². The molecule has 2 N–H and O–H groups in total. The molecule has 2 rings (SSSR count). The standard InChI is InChI=1S/C16H17N3O4/c1-3-16(15(21)22,11-7-5-4-6-8-11)17-14(20)12-9-10-13(23-2)19-18-12/h4-10H,3H2,1-2H3,(H,17,20)(H,21,22). The molecule has 0 saturated carbocycles. The first-order valence-electron chi connectivity index (χ1n) is 7.02. The van der Waals surface area contributed by atoms with E-state index in [0.717, 1.165) is 0 Å². The highest BCUT2D eigenvalue weighted by atomic mass is 16.5. The Labute approximate surface area is 133 Å². The summed E-state index contributed by atoms with van der Waals surface area (Å²) in [6.07, 6.45) is 0.182. The summed E-state index contributed by atoms with van der Waals surface area (Å²) in [5, 5.41) is 19.7. The van der Waals surface area contributed by atoms with Gasteiger partial charge in [0.25, 0.3) is 5.91 Å². The number of hydrogen-bond acceptors (Lipinski definition) is 5. The molecule has 2 aromatic rings. The van der Waals surface area contributed by atoms with Gasteiger partial charge in [-0.15, -0.1) is 10.2 Å². The summed E-state index contributed by atoms with van der Waals surface area (Å²) in [4.78, 5) is 24.2. The van der Waals surface area contributed by atoms with E-state index in [9.17, 15) is 14.7 Å². The van der Waals surface area contributed by atoms with Crippen molar-refractivity contribution < 1.29 is 19.4 Å². The van der Waals surface area contributed by atoms with E-state index >= 15 is 0 Å². The molecule has 1 unspecified atom stereocenters. The van der Waals surface area contributed by atoms with Crippen LogP contribution in [0.15, 0.2) is 42.5 Å². The van der Waals surface area contributed by atoms with Crippen molar-refractivity contribution in [2.75, 3.05) is 7.11 Å². The van der Waals surface area contributed by atoms with Crippen LogP contribution < -0.4 is 10.1 Å². The second kappa shape index (κ2) is 6.87. The first kappa shape index (κ1) is 16.4. The summed E-state index contributed by atoms with van der Waals surface area (Å²) >= 11 is 0. The van der Waals surface area contributed by atoms with Gasteiger partial charge in [0.2, 0.25) is 5.88 Å². The fourth-order valence-corrected chi connectivity index (χ4v) is 2.22. The Bertz CT molecular complexity index is 688. The summed E-state index contributed by atoms with van der Waals surface area (Å²) in [6.45, 7) is 1.70. The molecule has 0 aliphatic carbocycles. The average Bonchev–Trinajstić information content (AvgIpc) is 2.60. The summed E-state index contributed by atoms with van der Waals surface area (Å²) in [6, 6.07) is 11.5. The van der Waals surface area contributed by atoms with E-state index in [0.29, 0.717) is 5.56 Å². The van der Waals surface area contributed by atoms with Crippen LogP contribution in [0.2, 0.25) is 0 Å². The maximum Gasteiger partial charge on any atom is 0.334 e. The summed E-state index contributed by atoms with van der Waals surface area (Å²) in [5.74, 6) is -1.49. The Morgan fingerprint density at radius 1 is 1.17 bits per heavy atom. The van der Waals surface area contributed by atoms with Crippen molar-refractivity contribution in [3.63, 3.8) is 0 Å². The molecule has 7 heteroatoms. The Morgan fingerprint density at radius 3 is 2.35 bits per heavy atom. The van der Waals surface area contributed by atoms with Gasteiger partial charge in [-0.05, 0) is 18.1 Å². The molecule has 1 aromatic carbocycles. The summed E-state index contributed by atoms with van der Waals surface area (Å²) in [7, 11) is 1.44. The number of methoxy groups -OCH3 is 1. The zero-order valence-electron chi connectivity index (χ0n) is 12.8. The van der Waals surface area contributed by atoms with Crippen molar-refractivity contribution in [1.82, 2.24) is 15.5 Å². The third-order valence-corrected chi connectivity index (χ3v) is 3.57. The molecule has 0 fully saturated rings. The number of amides is 1. The fraction of sp³-hybridized carbons (Fsp3) is 0.250. The van der Waals surface area contributed by atoms with Gasteiger partial charge in [0.15, 0.2) is 11.2 Å². The molecule has 1 amide bonds. The quantitative estimate of drug-likeness (QED) is 0.839. The van der Waals surface area contributed by atoms with E-state index in [1.54, 1.807) is 37.3 Å². The number of carboxylic acids is 1. The van der Waals surface area contributed by atoms with Crippen molar-refractivity contribution in [3.8, 4) is 5.88 Å². The van der Waals surface area contributed by atoms with Crippen LogP contribution >= 0.6 is 0 Å². The number of hydrogen-bond donors (Lipinski definition) is 2. The monoisotopic (exact) mass is 315 g/mol. The number of benzene rings is 1. The fourth-order valence-electron chi connectivity index (χ4n) is 2.22. The van der Waals surface area contributed by atoms with E-state index in [4.69, 9.17) is 4.74 Å². The van der Waals surface area contributed by atoms with E-state index in [2.05, 4.69) is 15.5 Å². The molecule has 0 bridgehead atoms. The highest BCUT2D eigenvalue weighted by molar-refractivity contribution is 5.96. The van der Waals surface area contributed by atoms with Crippen LogP contribution in [0, 0.1) is 0 Å². The van der Waals surface area contributed by atoms with E-state index in [1.165, 1.54) is 19.2 Å². The van der Waals surface area contributed by atoms with Crippen molar-refractivity contribution >= 4 is 11.9 Å². The summed E-state index contributed by atoms with van der Waals surface area (Å²) in [5.41, 5.74) is -1.02. The van der Waals surface area contributed by atoms with Gasteiger partial charge in [0.1, 0.15) is 0 Å². The number of carbonyl (C=O) groups excluding carboxylic acids is 1. The second-order valence-electron chi connectivity index (χ2n) is 4.85. The van der Waals surface area contributed by atoms with Crippen LogP contribution in [0.25, 0.3) is 0 Å². The molecule has 0 aliphatic rings. The average molecular weight is 315 g/mol. The van der Waals surface area contributed by atoms with Gasteiger partial charge < -0.3 is 15.2 Å². The van der Waals surface area contributed by atoms with E-state index < -0.39 is 17.4 Å². The zero-order valence-corrected chi connectivity index (χ0v) is 12.8. The minimum Gasteiger partial charge on any atom is -0.480 e. The Morgan fingerprint density at radius 2 is 1.87 bits per heavy atom. The number of nitrogens with zero attached hydrogens (tertiary/aromatic N) is 2. The van der Waals surface area contributed by atoms with Crippen LogP contribution in [0.4, 0.5) is 0 Å². The predicted molar refractivity (Wildman–Crippen MR) is 82.1 cm³/mol. The van der Waals surface area contributed by atoms with Gasteiger partial charge in [-0.25, -0.2) is 4.79 Å². The molecule has 1 aromatic heterocycles. The molecule has 0 saturated heterocycles. The SMILES string of the molecule is CCC(NC(=O)c1ccc(OC)nn1)(C(=O)O)c1ccccc1. The maximum absolute atomic E-state index is 12.4. The zero-order chi connectivity index (χ0) is 16.9. The Kier molecular flexibility index (Phi) is 4.90. The molecular weight excluding hydrogens is 298 g/mol. The van der Waals surface area contributed by atoms with Gasteiger partial charge in [-0.3, -0.25) is 4.79 Å². The maximum atomic E-state index is 12.4. The van der Waals surface area contributed by atoms with Crippen molar-refractivity contribution in [3.05, 3.63) is 53.7 Å². The van der Waals surface area contributed by atoms with E-state index in [-0.39, 0.29) is 18.0 Å². The number of rotatable bonds is 6. The Hall–Kier alpha value is -2.96. The number of aliphatic carboxylic acids is 1. The molecule has 1 heterocycles. The third kappa shape index (κ3) is 3.28. The topological polar surface area (TPSA) is 101 Å². The molecule has 1 atom stereocenters. The molecule has 7 nitrogen and oxygen atoms in total. The number of aromatic nitrogens is 2. The Balaban J connectivity index is 2.34. The molecule has 0 spiro atoms. The normalized spacial score (nSPS) is 13.0. The van der Waals surface area contributed by atoms with Gasteiger partial charge in [0.05, 0.1) is 7.11 Å². The molecular formula is C16H17N3O4. The van der Waals surface area contributed by atoms with Gasteiger partial charge in [-0.1, -0.05) is 37.3 Å². The number of nitrogens with one attached hydrogen (secondary N) is 1. The lowest BCUT2D eigenvalue weighted by atomic mass is 9.87. The number of ether oxygens (including phenoxy) is 1. The third-order valence-electron chi connectivity index (χ3n) is 3.57. The minimum absolute atomic E-state index is 0.0146. The van der Waals surface area contributed by atoms with Crippen LogP contribution in [0.5, 0.6) is 5.88 Å². The highest BCUT2D eigenvalue weighted by Crippen LogP contribution is 2.26. The van der Waals surface area contributed by atoms with Crippen LogP contribution in [0.3, 0.4) is 0 Å². The number of carbonyl (C=O) groups is 2. The lowest BCUT2D eigenvalue weighted by molar-refractivity contribution is -0.145.